The van der Waals surface area contributed by atoms with Gasteiger partial charge in [-0.2, -0.15) is 0 Å². The molecule has 0 fully saturated rings. The average molecular weight is 571 g/mol. The Labute approximate surface area is 231 Å². The highest BCUT2D eigenvalue weighted by Crippen LogP contribution is 2.31. The Morgan fingerprint density at radius 3 is 2.68 bits per heavy atom. The summed E-state index contributed by atoms with van der Waals surface area (Å²) >= 11 is 15.0. The fraction of sp³-hybridized carbons (Fsp3) is 0.154. The number of anilines is 1. The molecule has 0 saturated carbocycles. The van der Waals surface area contributed by atoms with Crippen molar-refractivity contribution in [1.82, 2.24) is 19.7 Å². The van der Waals surface area contributed by atoms with E-state index in [1.54, 1.807) is 34.1 Å². The molecule has 0 aliphatic carbocycles. The fourth-order valence-corrected chi connectivity index (χ4v) is 5.77. The zero-order valence-electron chi connectivity index (χ0n) is 19.9. The lowest BCUT2D eigenvalue weighted by molar-refractivity contribution is -0.113. The number of carbonyl (C=O) groups is 1. The number of halogens is 2. The number of thioether (sulfide) groups is 1. The first kappa shape index (κ1) is 25.5. The highest BCUT2D eigenvalue weighted by Gasteiger charge is 2.14. The second kappa shape index (κ2) is 11.1. The van der Waals surface area contributed by atoms with Crippen LogP contribution in [0.4, 0.5) is 5.69 Å². The van der Waals surface area contributed by atoms with Gasteiger partial charge in [-0.3, -0.25) is 4.79 Å². The molecular formula is C26H21Cl2N5O2S2. The van der Waals surface area contributed by atoms with E-state index in [0.717, 1.165) is 26.5 Å². The molecule has 0 radical (unpaired) electrons. The van der Waals surface area contributed by atoms with Gasteiger partial charge in [-0.05, 0) is 67.1 Å². The van der Waals surface area contributed by atoms with Gasteiger partial charge in [0.25, 0.3) is 0 Å². The van der Waals surface area contributed by atoms with E-state index >= 15 is 0 Å². The summed E-state index contributed by atoms with van der Waals surface area (Å²) in [5, 5.41) is 13.8. The number of thiazole rings is 1. The molecule has 5 rings (SSSR count). The molecule has 0 aliphatic heterocycles. The Morgan fingerprint density at radius 1 is 1.08 bits per heavy atom. The van der Waals surface area contributed by atoms with Crippen LogP contribution in [-0.4, -0.2) is 31.4 Å². The molecular weight excluding hydrogens is 549 g/mol. The number of ether oxygens (including phenoxy) is 1. The minimum atomic E-state index is -0.137. The lowest BCUT2D eigenvalue weighted by Gasteiger charge is -2.08. The number of aryl methyl sites for hydroxylation is 1. The second-order valence-corrected chi connectivity index (χ2v) is 11.0. The number of rotatable bonds is 8. The molecule has 0 unspecified atom stereocenters. The van der Waals surface area contributed by atoms with Gasteiger partial charge in [-0.15, -0.1) is 21.5 Å². The Hall–Kier alpha value is -3.11. The van der Waals surface area contributed by atoms with E-state index in [9.17, 15) is 4.79 Å². The molecule has 37 heavy (non-hydrogen) atoms. The lowest BCUT2D eigenvalue weighted by atomic mass is 10.2. The molecule has 1 N–H and O–H groups in total. The van der Waals surface area contributed by atoms with Crippen LogP contribution < -0.4 is 10.1 Å². The van der Waals surface area contributed by atoms with Crippen LogP contribution in [0, 0.1) is 6.92 Å². The van der Waals surface area contributed by atoms with E-state index in [1.165, 1.54) is 17.3 Å². The monoisotopic (exact) mass is 569 g/mol. The number of benzene rings is 3. The highest BCUT2D eigenvalue weighted by molar-refractivity contribution is 7.99. The van der Waals surface area contributed by atoms with Gasteiger partial charge in [0.1, 0.15) is 17.4 Å². The van der Waals surface area contributed by atoms with Crippen molar-refractivity contribution in [2.45, 2.75) is 18.7 Å². The van der Waals surface area contributed by atoms with Gasteiger partial charge < -0.3 is 14.6 Å². The molecule has 7 nitrogen and oxygen atoms in total. The van der Waals surface area contributed by atoms with Crippen molar-refractivity contribution in [2.24, 2.45) is 7.05 Å². The summed E-state index contributed by atoms with van der Waals surface area (Å²) in [6.07, 6.45) is 0. The molecule has 2 aromatic heterocycles. The Balaban J connectivity index is 1.15. The lowest BCUT2D eigenvalue weighted by Crippen LogP contribution is -2.14. The van der Waals surface area contributed by atoms with E-state index in [-0.39, 0.29) is 18.3 Å². The third kappa shape index (κ3) is 6.07. The number of hydrogen-bond donors (Lipinski definition) is 1. The second-order valence-electron chi connectivity index (χ2n) is 8.23. The zero-order chi connectivity index (χ0) is 25.9. The molecule has 0 bridgehead atoms. The fourth-order valence-electron chi connectivity index (χ4n) is 3.51. The average Bonchev–Trinajstić information content (AvgIpc) is 3.45. The summed E-state index contributed by atoms with van der Waals surface area (Å²) in [7, 11) is 1.82. The van der Waals surface area contributed by atoms with E-state index in [4.69, 9.17) is 32.9 Å². The normalized spacial score (nSPS) is 11.1. The molecule has 5 aromatic rings. The van der Waals surface area contributed by atoms with Crippen molar-refractivity contribution in [1.29, 1.82) is 0 Å². The summed E-state index contributed by atoms with van der Waals surface area (Å²) in [5.41, 5.74) is 3.94. The first-order chi connectivity index (χ1) is 17.9. The molecule has 0 atom stereocenters. The predicted molar refractivity (Wildman–Crippen MR) is 151 cm³/mol. The van der Waals surface area contributed by atoms with Crippen LogP contribution in [0.1, 0.15) is 11.4 Å². The maximum atomic E-state index is 12.5. The molecule has 1 amide bonds. The molecule has 188 valence electrons. The number of aromatic nitrogens is 4. The van der Waals surface area contributed by atoms with Crippen molar-refractivity contribution in [3.8, 4) is 16.3 Å². The minimum absolute atomic E-state index is 0.137. The molecule has 3 aromatic carbocycles. The summed E-state index contributed by atoms with van der Waals surface area (Å²) in [6, 6.07) is 19.0. The van der Waals surface area contributed by atoms with Crippen LogP contribution in [0.5, 0.6) is 5.75 Å². The van der Waals surface area contributed by atoms with Crippen LogP contribution in [0.15, 0.2) is 65.8 Å². The number of nitrogens with zero attached hydrogens (tertiary/aromatic N) is 4. The number of carbonyl (C=O) groups excluding carboxylic acids is 1. The van der Waals surface area contributed by atoms with Crippen LogP contribution in [0.25, 0.3) is 20.8 Å². The molecule has 0 spiro atoms. The zero-order valence-corrected chi connectivity index (χ0v) is 23.0. The van der Waals surface area contributed by atoms with Crippen LogP contribution in [0.3, 0.4) is 0 Å². The first-order valence-electron chi connectivity index (χ1n) is 11.2. The summed E-state index contributed by atoms with van der Waals surface area (Å²) in [5.74, 6) is 1.16. The molecule has 0 aliphatic rings. The maximum absolute atomic E-state index is 12.5. The standard InChI is InChI=1S/C26H21Cl2N5O2S2/c1-15-3-9-20-22(11-15)37-25(30-20)16-4-7-18(8-5-16)29-24(34)14-36-26-32-31-23(33(26)2)13-35-21-10-6-17(27)12-19(21)28/h3-12H,13-14H2,1-2H3,(H,29,34). The summed E-state index contributed by atoms with van der Waals surface area (Å²) in [4.78, 5) is 17.3. The van der Waals surface area contributed by atoms with Crippen LogP contribution in [0.2, 0.25) is 10.0 Å². The third-order valence-electron chi connectivity index (χ3n) is 5.47. The molecule has 11 heteroatoms. The maximum Gasteiger partial charge on any atom is 0.234 e. The third-order valence-corrected chi connectivity index (χ3v) is 8.09. The topological polar surface area (TPSA) is 81.9 Å². The smallest absolute Gasteiger partial charge is 0.234 e. The van der Waals surface area contributed by atoms with Gasteiger partial charge in [0.2, 0.25) is 5.91 Å². The summed E-state index contributed by atoms with van der Waals surface area (Å²) in [6.45, 7) is 2.25. The predicted octanol–water partition coefficient (Wildman–Crippen LogP) is 7.02. The van der Waals surface area contributed by atoms with Crippen LogP contribution in [-0.2, 0) is 18.4 Å². The number of amides is 1. The molecule has 0 saturated heterocycles. The highest BCUT2D eigenvalue weighted by atomic mass is 35.5. The van der Waals surface area contributed by atoms with E-state index in [1.807, 2.05) is 37.4 Å². The minimum Gasteiger partial charge on any atom is -0.484 e. The van der Waals surface area contributed by atoms with Crippen molar-refractivity contribution < 1.29 is 9.53 Å². The Bertz CT molecular complexity index is 1580. The van der Waals surface area contributed by atoms with Gasteiger partial charge in [0.15, 0.2) is 11.0 Å². The van der Waals surface area contributed by atoms with Gasteiger partial charge in [0, 0.05) is 23.3 Å². The van der Waals surface area contributed by atoms with Gasteiger partial charge in [0.05, 0.1) is 21.0 Å². The van der Waals surface area contributed by atoms with Crippen molar-refractivity contribution in [2.75, 3.05) is 11.1 Å². The van der Waals surface area contributed by atoms with Crippen LogP contribution >= 0.6 is 46.3 Å². The van der Waals surface area contributed by atoms with Gasteiger partial charge in [-0.1, -0.05) is 41.0 Å². The number of fused-ring (bicyclic) bond motifs is 1. The van der Waals surface area contributed by atoms with Gasteiger partial charge >= 0.3 is 0 Å². The SMILES string of the molecule is Cc1ccc2nc(-c3ccc(NC(=O)CSc4nnc(COc5ccc(Cl)cc5Cl)n4C)cc3)sc2c1. The number of hydrogen-bond acceptors (Lipinski definition) is 7. The summed E-state index contributed by atoms with van der Waals surface area (Å²) < 4.78 is 8.69. The van der Waals surface area contributed by atoms with E-state index < -0.39 is 0 Å². The Morgan fingerprint density at radius 2 is 1.89 bits per heavy atom. The first-order valence-corrected chi connectivity index (χ1v) is 13.8. The number of nitrogens with one attached hydrogen (secondary N) is 1. The van der Waals surface area contributed by atoms with Crippen molar-refractivity contribution >= 4 is 68.1 Å². The van der Waals surface area contributed by atoms with Crippen molar-refractivity contribution in [3.05, 3.63) is 82.1 Å². The molecule has 2 heterocycles. The Kier molecular flexibility index (Phi) is 7.66. The largest absolute Gasteiger partial charge is 0.484 e. The van der Waals surface area contributed by atoms with E-state index in [2.05, 4.69) is 34.6 Å². The van der Waals surface area contributed by atoms with Gasteiger partial charge in [-0.25, -0.2) is 4.98 Å². The van der Waals surface area contributed by atoms with Crippen molar-refractivity contribution in [3.63, 3.8) is 0 Å². The quantitative estimate of drug-likeness (QED) is 0.202. The van der Waals surface area contributed by atoms with E-state index in [0.29, 0.717) is 26.8 Å².